The first-order valence-corrected chi connectivity index (χ1v) is 5.20. The Balaban J connectivity index is 2.90. The van der Waals surface area contributed by atoms with Gasteiger partial charge >= 0.3 is 0 Å². The van der Waals surface area contributed by atoms with Crippen LogP contribution in [0.1, 0.15) is 17.3 Å². The highest BCUT2D eigenvalue weighted by Crippen LogP contribution is 2.11. The zero-order valence-electron chi connectivity index (χ0n) is 9.74. The minimum absolute atomic E-state index is 0.310. The van der Waals surface area contributed by atoms with Crippen LogP contribution < -0.4 is 0 Å². The van der Waals surface area contributed by atoms with Gasteiger partial charge in [0.1, 0.15) is 0 Å². The van der Waals surface area contributed by atoms with Crippen molar-refractivity contribution < 1.29 is 18.3 Å². The highest BCUT2D eigenvalue weighted by atomic mass is 19.2. The van der Waals surface area contributed by atoms with E-state index in [0.29, 0.717) is 19.7 Å². The Morgan fingerprint density at radius 3 is 2.82 bits per heavy atom. The molecule has 0 aromatic carbocycles. The van der Waals surface area contributed by atoms with E-state index in [-0.39, 0.29) is 5.56 Å². The molecule has 0 aliphatic carbocycles. The zero-order valence-corrected chi connectivity index (χ0v) is 9.74. The molecule has 1 rings (SSSR count). The van der Waals surface area contributed by atoms with E-state index in [2.05, 4.69) is 4.98 Å². The Labute approximate surface area is 98.2 Å². The topological polar surface area (TPSA) is 42.4 Å². The van der Waals surface area contributed by atoms with E-state index in [0.717, 1.165) is 12.3 Å². The van der Waals surface area contributed by atoms with Crippen LogP contribution in [0.15, 0.2) is 12.3 Å². The lowest BCUT2D eigenvalue weighted by Crippen LogP contribution is -2.34. The Hall–Kier alpha value is -1.56. The summed E-state index contributed by atoms with van der Waals surface area (Å²) in [5, 5.41) is 0. The van der Waals surface area contributed by atoms with Crippen LogP contribution in [-0.4, -0.2) is 42.6 Å². The van der Waals surface area contributed by atoms with Crippen LogP contribution in [0.4, 0.5) is 8.78 Å². The molecule has 1 aromatic rings. The van der Waals surface area contributed by atoms with Crippen molar-refractivity contribution in [3.8, 4) is 0 Å². The third-order valence-corrected chi connectivity index (χ3v) is 2.31. The molecule has 0 saturated heterocycles. The van der Waals surface area contributed by atoms with Gasteiger partial charge in [-0.2, -0.15) is 4.39 Å². The molecule has 0 fully saturated rings. The van der Waals surface area contributed by atoms with E-state index in [9.17, 15) is 13.6 Å². The fourth-order valence-electron chi connectivity index (χ4n) is 1.36. The normalized spacial score (nSPS) is 10.4. The van der Waals surface area contributed by atoms with Gasteiger partial charge in [0.15, 0.2) is 5.82 Å². The van der Waals surface area contributed by atoms with Crippen LogP contribution in [-0.2, 0) is 4.74 Å². The number of rotatable bonds is 5. The predicted octanol–water partition coefficient (Wildman–Crippen LogP) is 1.47. The molecule has 4 nitrogen and oxygen atoms in total. The van der Waals surface area contributed by atoms with Gasteiger partial charge in [0.2, 0.25) is 5.95 Å². The van der Waals surface area contributed by atoms with Crippen molar-refractivity contribution in [1.29, 1.82) is 0 Å². The quantitative estimate of drug-likeness (QED) is 0.736. The van der Waals surface area contributed by atoms with E-state index >= 15 is 0 Å². The minimum atomic E-state index is -1.27. The predicted molar refractivity (Wildman–Crippen MR) is 57.6 cm³/mol. The number of carbonyl (C=O) groups excluding carboxylic acids is 1. The summed E-state index contributed by atoms with van der Waals surface area (Å²) in [6, 6.07) is 1.16. The lowest BCUT2D eigenvalue weighted by atomic mass is 10.2. The molecule has 0 radical (unpaired) electrons. The molecule has 0 aliphatic rings. The molecule has 0 unspecified atom stereocenters. The van der Waals surface area contributed by atoms with Crippen molar-refractivity contribution in [3.05, 3.63) is 29.6 Å². The molecule has 1 amide bonds. The zero-order chi connectivity index (χ0) is 12.8. The molecular weight excluding hydrogens is 230 g/mol. The van der Waals surface area contributed by atoms with Crippen molar-refractivity contribution in [1.82, 2.24) is 9.88 Å². The third-order valence-electron chi connectivity index (χ3n) is 2.31. The molecule has 17 heavy (non-hydrogen) atoms. The molecule has 0 bridgehead atoms. The Morgan fingerprint density at radius 1 is 1.53 bits per heavy atom. The van der Waals surface area contributed by atoms with Crippen molar-refractivity contribution in [3.63, 3.8) is 0 Å². The lowest BCUT2D eigenvalue weighted by molar-refractivity contribution is 0.0700. The molecule has 0 spiro atoms. The number of ether oxygens (including phenoxy) is 1. The van der Waals surface area contributed by atoms with Gasteiger partial charge in [0, 0.05) is 26.4 Å². The molecule has 0 aliphatic heterocycles. The summed E-state index contributed by atoms with van der Waals surface area (Å²) in [5.41, 5.74) is -0.310. The number of aromatic nitrogens is 1. The second-order valence-corrected chi connectivity index (χ2v) is 3.34. The largest absolute Gasteiger partial charge is 0.383 e. The van der Waals surface area contributed by atoms with E-state index in [1.54, 1.807) is 6.92 Å². The van der Waals surface area contributed by atoms with Crippen molar-refractivity contribution in [2.45, 2.75) is 6.92 Å². The summed E-state index contributed by atoms with van der Waals surface area (Å²) in [4.78, 5) is 16.4. The number of pyridine rings is 1. The maximum absolute atomic E-state index is 13.4. The second kappa shape index (κ2) is 6.24. The van der Waals surface area contributed by atoms with Gasteiger partial charge < -0.3 is 9.64 Å². The van der Waals surface area contributed by atoms with Crippen LogP contribution in [0.5, 0.6) is 0 Å². The van der Waals surface area contributed by atoms with Gasteiger partial charge in [-0.25, -0.2) is 9.37 Å². The fourth-order valence-corrected chi connectivity index (χ4v) is 1.36. The number of carbonyl (C=O) groups is 1. The number of hydrogen-bond donors (Lipinski definition) is 0. The molecule has 0 saturated carbocycles. The first-order chi connectivity index (χ1) is 8.11. The average molecular weight is 244 g/mol. The minimum Gasteiger partial charge on any atom is -0.383 e. The van der Waals surface area contributed by atoms with Crippen molar-refractivity contribution in [2.75, 3.05) is 26.8 Å². The van der Waals surface area contributed by atoms with E-state index in [1.807, 2.05) is 0 Å². The van der Waals surface area contributed by atoms with Gasteiger partial charge in [-0.1, -0.05) is 0 Å². The number of likely N-dealkylation sites (N-methyl/N-ethyl adjacent to an activating group) is 1. The van der Waals surface area contributed by atoms with Gasteiger partial charge in [-0.05, 0) is 13.0 Å². The Bertz CT molecular complexity index is 399. The van der Waals surface area contributed by atoms with Crippen LogP contribution in [0.2, 0.25) is 0 Å². The van der Waals surface area contributed by atoms with E-state index < -0.39 is 17.7 Å². The summed E-state index contributed by atoms with van der Waals surface area (Å²) in [7, 11) is 1.50. The fraction of sp³-hybridized carbons (Fsp3) is 0.455. The molecule has 6 heteroatoms. The Morgan fingerprint density at radius 2 is 2.24 bits per heavy atom. The van der Waals surface area contributed by atoms with E-state index in [1.165, 1.54) is 12.0 Å². The maximum Gasteiger partial charge on any atom is 0.257 e. The van der Waals surface area contributed by atoms with Gasteiger partial charge in [0.05, 0.1) is 12.2 Å². The summed E-state index contributed by atoms with van der Waals surface area (Å²) >= 11 is 0. The third kappa shape index (κ3) is 3.20. The summed E-state index contributed by atoms with van der Waals surface area (Å²) in [6.45, 7) is 2.82. The van der Waals surface area contributed by atoms with Gasteiger partial charge in [-0.15, -0.1) is 0 Å². The molecular formula is C11H14F2N2O2. The monoisotopic (exact) mass is 244 g/mol. The van der Waals surface area contributed by atoms with Crippen molar-refractivity contribution in [2.24, 2.45) is 0 Å². The highest BCUT2D eigenvalue weighted by molar-refractivity contribution is 5.94. The lowest BCUT2D eigenvalue weighted by Gasteiger charge is -2.20. The summed E-state index contributed by atoms with van der Waals surface area (Å²) in [6.07, 6.45) is 1.07. The number of halogens is 2. The van der Waals surface area contributed by atoms with Crippen LogP contribution in [0.3, 0.4) is 0 Å². The molecule has 1 heterocycles. The van der Waals surface area contributed by atoms with Gasteiger partial charge in [0.25, 0.3) is 5.91 Å². The van der Waals surface area contributed by atoms with Crippen LogP contribution in [0, 0.1) is 11.8 Å². The Kier molecular flexibility index (Phi) is 4.96. The molecule has 0 atom stereocenters. The number of hydrogen-bond acceptors (Lipinski definition) is 3. The summed E-state index contributed by atoms with van der Waals surface area (Å²) < 4.78 is 31.1. The number of amides is 1. The standard InChI is InChI=1S/C11H14F2N2O2/c1-3-15(6-7-17-2)11(16)8-4-5-14-10(13)9(8)12/h4-5H,3,6-7H2,1-2H3. The van der Waals surface area contributed by atoms with Crippen LogP contribution >= 0.6 is 0 Å². The smallest absolute Gasteiger partial charge is 0.257 e. The average Bonchev–Trinajstić information content (AvgIpc) is 2.33. The SMILES string of the molecule is CCN(CCOC)C(=O)c1ccnc(F)c1F. The van der Waals surface area contributed by atoms with E-state index in [4.69, 9.17) is 4.74 Å². The van der Waals surface area contributed by atoms with Gasteiger partial charge in [-0.3, -0.25) is 4.79 Å². The van der Waals surface area contributed by atoms with Crippen LogP contribution in [0.25, 0.3) is 0 Å². The number of methoxy groups -OCH3 is 1. The molecule has 0 N–H and O–H groups in total. The maximum atomic E-state index is 13.4. The summed E-state index contributed by atoms with van der Waals surface area (Å²) in [5.74, 6) is -3.05. The second-order valence-electron chi connectivity index (χ2n) is 3.34. The number of nitrogens with zero attached hydrogens (tertiary/aromatic N) is 2. The molecule has 1 aromatic heterocycles. The first kappa shape index (κ1) is 13.5. The first-order valence-electron chi connectivity index (χ1n) is 5.20. The van der Waals surface area contributed by atoms with Crippen molar-refractivity contribution >= 4 is 5.91 Å². The highest BCUT2D eigenvalue weighted by Gasteiger charge is 2.20. The molecule has 94 valence electrons.